The Hall–Kier alpha value is -6.80. The van der Waals surface area contributed by atoms with E-state index in [1.165, 1.54) is 41.5 Å². The highest BCUT2D eigenvalue weighted by atomic mass is 19.2. The van der Waals surface area contributed by atoms with Gasteiger partial charge < -0.3 is 74.0 Å². The molecule has 0 spiro atoms. The van der Waals surface area contributed by atoms with Crippen molar-refractivity contribution in [3.8, 4) is 5.75 Å². The van der Waals surface area contributed by atoms with Gasteiger partial charge in [0.05, 0.1) is 103 Å². The van der Waals surface area contributed by atoms with Crippen LogP contribution in [0.15, 0.2) is 0 Å². The third kappa shape index (κ3) is 29.4. The van der Waals surface area contributed by atoms with Crippen LogP contribution in [0.5, 0.6) is 5.75 Å². The highest BCUT2D eigenvalue weighted by molar-refractivity contribution is 5.80. The lowest BCUT2D eigenvalue weighted by atomic mass is 9.70. The summed E-state index contributed by atoms with van der Waals surface area (Å²) in [5.41, 5.74) is -1.68. The molecule has 5 amide bonds. The third-order valence-corrected chi connectivity index (χ3v) is 19.7. The second kappa shape index (κ2) is 44.1. The maximum Gasteiger partial charge on any atom is 0.311 e. The first-order chi connectivity index (χ1) is 48.1. The van der Waals surface area contributed by atoms with Crippen LogP contribution in [0.1, 0.15) is 167 Å². The Morgan fingerprint density at radius 3 is 1.12 bits per heavy atom. The molecule has 578 valence electrons. The molecule has 31 heteroatoms. The lowest BCUT2D eigenvalue weighted by molar-refractivity contribution is -0.146. The minimum atomic E-state index is -2.47. The smallest absolute Gasteiger partial charge is 0.311 e. The molecule has 0 bridgehead atoms. The highest BCUT2D eigenvalue weighted by Crippen LogP contribution is 2.40. The highest BCUT2D eigenvalue weighted by Gasteiger charge is 2.45. The van der Waals surface area contributed by atoms with Crippen LogP contribution in [-0.2, 0) is 95.4 Å². The predicted octanol–water partition coefficient (Wildman–Crippen LogP) is 6.58. The van der Waals surface area contributed by atoms with Crippen molar-refractivity contribution in [3.05, 3.63) is 29.1 Å². The quantitative estimate of drug-likeness (QED) is 0.00875. The SMILES string of the molecule is CC(=O)NC1C(OCCCC(=O)CCOCC(COCCC(=O)CCCOC2CC(COC(C)=O)C(C)C(C)C2NC(C)=O)(COCCC(=O)NCCOC2CC(COC(C)=O)C(C)C(C)C2NC(C)=O)NC(=O)CCCC(=O)Oc2c(F)c(F)c(F)c(F)c2F)CC(COC(C)=O)C(C)C1C. The van der Waals surface area contributed by atoms with E-state index in [2.05, 4.69) is 31.3 Å². The number of carbonyl (C=O) groups is 11. The molecule has 102 heavy (non-hydrogen) atoms. The lowest BCUT2D eigenvalue weighted by Crippen LogP contribution is -2.58. The van der Waals surface area contributed by atoms with Crippen molar-refractivity contribution in [3.63, 3.8) is 0 Å². The molecular weight excluding hydrogens is 1350 g/mol. The lowest BCUT2D eigenvalue weighted by Gasteiger charge is -2.44. The summed E-state index contributed by atoms with van der Waals surface area (Å²) in [7, 11) is 0. The summed E-state index contributed by atoms with van der Waals surface area (Å²) in [6, 6.07) is -1.05. The zero-order valence-electron chi connectivity index (χ0n) is 61.0. The van der Waals surface area contributed by atoms with Crippen LogP contribution in [0.3, 0.4) is 0 Å². The van der Waals surface area contributed by atoms with Crippen LogP contribution in [0.2, 0.25) is 0 Å². The Morgan fingerprint density at radius 2 is 0.755 bits per heavy atom. The predicted molar refractivity (Wildman–Crippen MR) is 356 cm³/mol. The van der Waals surface area contributed by atoms with Crippen molar-refractivity contribution in [2.45, 2.75) is 209 Å². The van der Waals surface area contributed by atoms with E-state index in [4.69, 9.17) is 42.6 Å². The Morgan fingerprint density at radius 1 is 0.402 bits per heavy atom. The monoisotopic (exact) mass is 1460 g/mol. The van der Waals surface area contributed by atoms with Crippen LogP contribution in [0.4, 0.5) is 22.0 Å². The van der Waals surface area contributed by atoms with Crippen LogP contribution < -0.4 is 31.3 Å². The maximum absolute atomic E-state index is 14.4. The first-order valence-electron chi connectivity index (χ1n) is 35.3. The molecule has 3 aliphatic carbocycles. The Labute approximate surface area is 594 Å². The zero-order chi connectivity index (χ0) is 76.0. The van der Waals surface area contributed by atoms with E-state index in [0.717, 1.165) is 0 Å². The second-order valence-electron chi connectivity index (χ2n) is 27.6. The molecule has 26 nitrogen and oxygen atoms in total. The van der Waals surface area contributed by atoms with Crippen LogP contribution in [0, 0.1) is 82.3 Å². The molecule has 4 rings (SSSR count). The number of ketones is 2. The summed E-state index contributed by atoms with van der Waals surface area (Å²) in [6.45, 7) is 19.2. The normalized spacial score (nSPS) is 25.4. The topological polar surface area (TPSA) is 340 Å². The minimum Gasteiger partial charge on any atom is -0.466 e. The second-order valence-corrected chi connectivity index (χ2v) is 27.6. The molecule has 0 aromatic heterocycles. The van der Waals surface area contributed by atoms with E-state index in [1.54, 1.807) is 0 Å². The van der Waals surface area contributed by atoms with Gasteiger partial charge in [-0.15, -0.1) is 0 Å². The van der Waals surface area contributed by atoms with Gasteiger partial charge in [0.15, 0.2) is 0 Å². The van der Waals surface area contributed by atoms with Gasteiger partial charge >= 0.3 is 23.9 Å². The molecule has 0 heterocycles. The number of halogens is 5. The molecular formula is C71H108F5N5O21. The van der Waals surface area contributed by atoms with E-state index < -0.39 is 133 Å². The molecule has 1 aromatic carbocycles. The molecule has 3 aliphatic rings. The summed E-state index contributed by atoms with van der Waals surface area (Å²) in [5.74, 6) is -19.0. The van der Waals surface area contributed by atoms with Crippen LogP contribution >= 0.6 is 0 Å². The largest absolute Gasteiger partial charge is 0.466 e. The van der Waals surface area contributed by atoms with Crippen molar-refractivity contribution in [1.29, 1.82) is 0 Å². The average molecular weight is 1460 g/mol. The summed E-state index contributed by atoms with van der Waals surface area (Å²) in [6.07, 6.45) is -1.38. The van der Waals surface area contributed by atoms with Crippen LogP contribution in [-0.4, -0.2) is 193 Å². The van der Waals surface area contributed by atoms with Crippen molar-refractivity contribution in [2.24, 2.45) is 53.3 Å². The molecule has 0 aliphatic heterocycles. The van der Waals surface area contributed by atoms with E-state index in [9.17, 15) is 74.7 Å². The fraction of sp³-hybridized carbons (Fsp3) is 0.761. The first kappa shape index (κ1) is 87.6. The summed E-state index contributed by atoms with van der Waals surface area (Å²) in [4.78, 5) is 139. The molecule has 0 radical (unpaired) electrons. The number of benzene rings is 1. The number of hydrogen-bond donors (Lipinski definition) is 5. The Kier molecular flexibility index (Phi) is 37.9. The minimum absolute atomic E-state index is 0.0395. The van der Waals surface area contributed by atoms with Gasteiger partial charge in [-0.1, -0.05) is 41.5 Å². The Balaban J connectivity index is 1.49. The van der Waals surface area contributed by atoms with E-state index in [-0.39, 0.29) is 199 Å². The summed E-state index contributed by atoms with van der Waals surface area (Å²) in [5, 5.41) is 14.5. The zero-order valence-corrected chi connectivity index (χ0v) is 61.0. The number of esters is 4. The van der Waals surface area contributed by atoms with Gasteiger partial charge in [-0.3, -0.25) is 52.7 Å². The van der Waals surface area contributed by atoms with Crippen LogP contribution in [0.25, 0.3) is 0 Å². The number of rotatable bonds is 44. The van der Waals surface area contributed by atoms with Gasteiger partial charge in [0, 0.05) is 106 Å². The van der Waals surface area contributed by atoms with E-state index in [1.807, 2.05) is 41.5 Å². The molecule has 5 N–H and O–H groups in total. The number of hydrogen-bond acceptors (Lipinski definition) is 21. The fourth-order valence-corrected chi connectivity index (χ4v) is 13.4. The van der Waals surface area contributed by atoms with Gasteiger partial charge in [0.25, 0.3) is 0 Å². The van der Waals surface area contributed by atoms with Gasteiger partial charge in [-0.25, -0.2) is 13.2 Å². The fourth-order valence-electron chi connectivity index (χ4n) is 13.4. The number of nitrogens with one attached hydrogen (secondary N) is 5. The molecule has 15 atom stereocenters. The number of ether oxygens (including phenoxy) is 10. The maximum atomic E-state index is 14.4. The van der Waals surface area contributed by atoms with Gasteiger partial charge in [0.2, 0.25) is 64.4 Å². The molecule has 3 fully saturated rings. The van der Waals surface area contributed by atoms with Crippen molar-refractivity contribution >= 4 is 65.0 Å². The molecule has 0 saturated heterocycles. The van der Waals surface area contributed by atoms with Gasteiger partial charge in [0.1, 0.15) is 17.1 Å². The van der Waals surface area contributed by atoms with Crippen molar-refractivity contribution < 1.29 is 122 Å². The van der Waals surface area contributed by atoms with Gasteiger partial charge in [-0.2, -0.15) is 8.78 Å². The molecule has 1 aromatic rings. The average Bonchev–Trinajstić information content (AvgIpc) is 0.826. The molecule has 15 unspecified atom stereocenters. The van der Waals surface area contributed by atoms with E-state index >= 15 is 0 Å². The first-order valence-corrected chi connectivity index (χ1v) is 35.3. The van der Waals surface area contributed by atoms with E-state index in [0.29, 0.717) is 32.1 Å². The number of amides is 5. The summed E-state index contributed by atoms with van der Waals surface area (Å²) >= 11 is 0. The standard InChI is InChI=1S/C71H108F5N5O21/c1-39-42(4)67(78-45(7)82)56(30-51(39)33-99-48(10)85)96-24-14-16-54(88)20-26-93-36-71(81-60(91)18-13-19-61(92)102-70-65(75)63(73)62(72)64(74)66(70)76,37-94-27-21-55(89)17-15-25-97-57-31-52(34-100-49(11)86)40(2)43(5)68(57)79-46(8)83)38-95-28-22-59(90)77-23-29-98-58-32-53(35-101-50(12)87)41(3)44(6)69(58)80-47(9)84/h39-44,51-53,56-58,67-69H,13-38H2,1-12H3,(H,77,90)(H,78,82)(H,79,83)(H,80,84)(H,81,91). The Bertz CT molecular complexity index is 2710. The number of carbonyl (C=O) groups excluding carboxylic acids is 11. The summed E-state index contributed by atoms with van der Waals surface area (Å²) < 4.78 is 128. The van der Waals surface area contributed by atoms with Gasteiger partial charge in [-0.05, 0) is 91.8 Å². The molecule has 3 saturated carbocycles. The van der Waals surface area contributed by atoms with Crippen molar-refractivity contribution in [2.75, 3.05) is 85.8 Å². The van der Waals surface area contributed by atoms with Crippen molar-refractivity contribution in [1.82, 2.24) is 26.6 Å². The third-order valence-electron chi connectivity index (χ3n) is 19.7. The number of Topliss-reactive ketones (excluding diaryl/α,β-unsaturated/α-hetero) is 2.